The van der Waals surface area contributed by atoms with Gasteiger partial charge in [-0.3, -0.25) is 19.6 Å². The van der Waals surface area contributed by atoms with Gasteiger partial charge in [-0.2, -0.15) is 0 Å². The molecule has 5 rings (SSSR count). The zero-order valence-electron chi connectivity index (χ0n) is 17.3. The van der Waals surface area contributed by atoms with Crippen LogP contribution >= 0.6 is 11.3 Å². The van der Waals surface area contributed by atoms with Crippen molar-refractivity contribution in [1.82, 2.24) is 19.7 Å². The average molecular weight is 411 g/mol. The van der Waals surface area contributed by atoms with E-state index < -0.39 is 0 Å². The molecule has 0 N–H and O–H groups in total. The SMILES string of the molecule is CCc1ccc(CN2CCc3c(C(=O)N4CCN5CCC[C@@H]5C4)csc3C2)nc1. The van der Waals surface area contributed by atoms with Gasteiger partial charge in [-0.05, 0) is 49.4 Å². The number of fused-ring (bicyclic) bond motifs is 2. The molecule has 0 aliphatic carbocycles. The highest BCUT2D eigenvalue weighted by atomic mass is 32.1. The molecule has 3 aliphatic heterocycles. The standard InChI is InChI=1S/C23H30N4OS/c1-2-17-5-6-18(24-12-17)13-25-9-7-20-21(16-29-22(20)15-25)23(28)27-11-10-26-8-3-4-19(26)14-27/h5-6,12,16,19H,2-4,7-11,13-15H2,1H3/t19-/m1/s1. The number of piperazine rings is 1. The van der Waals surface area contributed by atoms with Crippen LogP contribution < -0.4 is 0 Å². The highest BCUT2D eigenvalue weighted by Gasteiger charge is 2.34. The topological polar surface area (TPSA) is 39.7 Å². The van der Waals surface area contributed by atoms with Gasteiger partial charge in [-0.15, -0.1) is 11.3 Å². The van der Waals surface area contributed by atoms with E-state index in [1.807, 2.05) is 6.20 Å². The molecule has 0 bridgehead atoms. The van der Waals surface area contributed by atoms with Gasteiger partial charge < -0.3 is 4.90 Å². The summed E-state index contributed by atoms with van der Waals surface area (Å²) in [6.45, 7) is 9.02. The van der Waals surface area contributed by atoms with Gasteiger partial charge in [0.1, 0.15) is 0 Å². The Morgan fingerprint density at radius 3 is 3.00 bits per heavy atom. The molecular formula is C23H30N4OS. The molecule has 0 unspecified atom stereocenters. The van der Waals surface area contributed by atoms with Crippen molar-refractivity contribution < 1.29 is 4.79 Å². The number of carbonyl (C=O) groups is 1. The molecule has 2 aromatic rings. The summed E-state index contributed by atoms with van der Waals surface area (Å²) in [5.41, 5.74) is 4.70. The number of thiophene rings is 1. The van der Waals surface area contributed by atoms with E-state index in [2.05, 4.69) is 44.1 Å². The minimum atomic E-state index is 0.263. The fourth-order valence-corrected chi connectivity index (χ4v) is 6.14. The number of nitrogens with zero attached hydrogens (tertiary/aromatic N) is 4. The summed E-state index contributed by atoms with van der Waals surface area (Å²) in [7, 11) is 0. The zero-order chi connectivity index (χ0) is 19.8. The van der Waals surface area contributed by atoms with Gasteiger partial charge in [0.2, 0.25) is 0 Å². The lowest BCUT2D eigenvalue weighted by atomic mass is 10.0. The Kier molecular flexibility index (Phi) is 5.41. The van der Waals surface area contributed by atoms with Crippen LogP contribution in [0.5, 0.6) is 0 Å². The first-order valence-electron chi connectivity index (χ1n) is 11.0. The number of hydrogen-bond donors (Lipinski definition) is 0. The fraction of sp³-hybridized carbons (Fsp3) is 0.565. The quantitative estimate of drug-likeness (QED) is 0.776. The third-order valence-electron chi connectivity index (χ3n) is 6.81. The van der Waals surface area contributed by atoms with Gasteiger partial charge in [0.05, 0.1) is 11.3 Å². The number of hydrogen-bond acceptors (Lipinski definition) is 5. The monoisotopic (exact) mass is 410 g/mol. The summed E-state index contributed by atoms with van der Waals surface area (Å²) in [6, 6.07) is 4.92. The highest BCUT2D eigenvalue weighted by Crippen LogP contribution is 2.31. The lowest BCUT2D eigenvalue weighted by molar-refractivity contribution is 0.0570. The molecule has 0 radical (unpaired) electrons. The van der Waals surface area contributed by atoms with Gasteiger partial charge in [0.15, 0.2) is 0 Å². The first-order valence-corrected chi connectivity index (χ1v) is 11.9. The zero-order valence-corrected chi connectivity index (χ0v) is 18.1. The number of pyridine rings is 1. The molecule has 29 heavy (non-hydrogen) atoms. The Morgan fingerprint density at radius 2 is 2.17 bits per heavy atom. The molecular weight excluding hydrogens is 380 g/mol. The number of carbonyl (C=O) groups excluding carboxylic acids is 1. The van der Waals surface area contributed by atoms with Crippen LogP contribution in [0.1, 0.15) is 51.8 Å². The summed E-state index contributed by atoms with van der Waals surface area (Å²) >= 11 is 1.76. The first kappa shape index (κ1) is 19.2. The molecule has 2 saturated heterocycles. The van der Waals surface area contributed by atoms with E-state index in [1.165, 1.54) is 35.4 Å². The summed E-state index contributed by atoms with van der Waals surface area (Å²) in [4.78, 5) is 26.4. The Morgan fingerprint density at radius 1 is 1.24 bits per heavy atom. The molecule has 0 saturated carbocycles. The minimum absolute atomic E-state index is 0.263. The van der Waals surface area contributed by atoms with Gasteiger partial charge in [0, 0.05) is 61.8 Å². The first-order chi connectivity index (χ1) is 14.2. The highest BCUT2D eigenvalue weighted by molar-refractivity contribution is 7.10. The largest absolute Gasteiger partial charge is 0.336 e. The second kappa shape index (κ2) is 8.17. The van der Waals surface area contributed by atoms with Crippen molar-refractivity contribution in [1.29, 1.82) is 0 Å². The molecule has 154 valence electrons. The number of rotatable bonds is 4. The lowest BCUT2D eigenvalue weighted by Crippen LogP contribution is -2.52. The van der Waals surface area contributed by atoms with Crippen LogP contribution in [0.15, 0.2) is 23.7 Å². The van der Waals surface area contributed by atoms with Crippen LogP contribution in [0.25, 0.3) is 0 Å². The fourth-order valence-electron chi connectivity index (χ4n) is 5.03. The molecule has 2 fully saturated rings. The normalized spacial score (nSPS) is 22.5. The number of aromatic nitrogens is 1. The lowest BCUT2D eigenvalue weighted by Gasteiger charge is -2.37. The molecule has 1 amide bonds. The third-order valence-corrected chi connectivity index (χ3v) is 7.82. The van der Waals surface area contributed by atoms with Crippen molar-refractivity contribution in [2.45, 2.75) is 51.7 Å². The van der Waals surface area contributed by atoms with Crippen LogP contribution in [0.3, 0.4) is 0 Å². The maximum atomic E-state index is 13.2. The van der Waals surface area contributed by atoms with E-state index in [4.69, 9.17) is 0 Å². The molecule has 1 atom stereocenters. The third kappa shape index (κ3) is 3.86. The van der Waals surface area contributed by atoms with Crippen LogP contribution in [0.4, 0.5) is 0 Å². The molecule has 0 aromatic carbocycles. The second-order valence-electron chi connectivity index (χ2n) is 8.61. The van der Waals surface area contributed by atoms with E-state index in [0.717, 1.165) is 63.4 Å². The number of amides is 1. The average Bonchev–Trinajstić information content (AvgIpc) is 3.40. The van der Waals surface area contributed by atoms with Crippen LogP contribution in [0, 0.1) is 0 Å². The molecule has 2 aromatic heterocycles. The molecule has 3 aliphatic rings. The van der Waals surface area contributed by atoms with Crippen LogP contribution in [0.2, 0.25) is 0 Å². The Labute approximate surface area is 177 Å². The summed E-state index contributed by atoms with van der Waals surface area (Å²) in [6.07, 6.45) is 6.52. The van der Waals surface area contributed by atoms with Crippen LogP contribution in [-0.4, -0.2) is 64.4 Å². The van der Waals surface area contributed by atoms with Crippen molar-refractivity contribution >= 4 is 17.2 Å². The van der Waals surface area contributed by atoms with E-state index in [-0.39, 0.29) is 5.91 Å². The predicted octanol–water partition coefficient (Wildman–Crippen LogP) is 3.18. The van der Waals surface area contributed by atoms with E-state index in [1.54, 1.807) is 11.3 Å². The summed E-state index contributed by atoms with van der Waals surface area (Å²) in [5, 5.41) is 2.12. The maximum Gasteiger partial charge on any atom is 0.255 e. The van der Waals surface area contributed by atoms with Crippen molar-refractivity contribution in [2.75, 3.05) is 32.7 Å². The van der Waals surface area contributed by atoms with Crippen molar-refractivity contribution in [3.63, 3.8) is 0 Å². The smallest absolute Gasteiger partial charge is 0.255 e. The van der Waals surface area contributed by atoms with E-state index in [9.17, 15) is 4.79 Å². The van der Waals surface area contributed by atoms with Gasteiger partial charge in [-0.25, -0.2) is 0 Å². The van der Waals surface area contributed by atoms with E-state index in [0.29, 0.717) is 6.04 Å². The summed E-state index contributed by atoms with van der Waals surface area (Å²) in [5.74, 6) is 0.263. The van der Waals surface area contributed by atoms with E-state index >= 15 is 0 Å². The molecule has 0 spiro atoms. The maximum absolute atomic E-state index is 13.2. The summed E-state index contributed by atoms with van der Waals surface area (Å²) < 4.78 is 0. The van der Waals surface area contributed by atoms with Gasteiger partial charge in [0.25, 0.3) is 5.91 Å². The Hall–Kier alpha value is -1.76. The van der Waals surface area contributed by atoms with Crippen LogP contribution in [-0.2, 0) is 25.9 Å². The minimum Gasteiger partial charge on any atom is -0.336 e. The van der Waals surface area contributed by atoms with Crippen molar-refractivity contribution in [3.05, 3.63) is 51.0 Å². The predicted molar refractivity (Wildman–Crippen MR) is 116 cm³/mol. The van der Waals surface area contributed by atoms with Crippen molar-refractivity contribution in [3.8, 4) is 0 Å². The molecule has 5 heterocycles. The second-order valence-corrected chi connectivity index (χ2v) is 9.57. The number of aryl methyl sites for hydroxylation is 1. The molecule has 6 heteroatoms. The van der Waals surface area contributed by atoms with Gasteiger partial charge in [-0.1, -0.05) is 13.0 Å². The van der Waals surface area contributed by atoms with Gasteiger partial charge >= 0.3 is 0 Å². The van der Waals surface area contributed by atoms with Crippen molar-refractivity contribution in [2.24, 2.45) is 0 Å². The Balaban J connectivity index is 1.24. The molecule has 5 nitrogen and oxygen atoms in total. The Bertz CT molecular complexity index is 878.